The average molecular weight is 283 g/mol. The molecule has 110 valence electrons. The van der Waals surface area contributed by atoms with Gasteiger partial charge in [0.1, 0.15) is 11.5 Å². The second-order valence-corrected chi connectivity index (χ2v) is 5.57. The zero-order chi connectivity index (χ0) is 14.5. The number of hydrogen-bond acceptors (Lipinski definition) is 3. The van der Waals surface area contributed by atoms with Crippen molar-refractivity contribution < 1.29 is 9.84 Å². The second kappa shape index (κ2) is 6.53. The van der Waals surface area contributed by atoms with E-state index in [0.717, 1.165) is 23.5 Å². The van der Waals surface area contributed by atoms with Crippen LogP contribution in [0.1, 0.15) is 31.2 Å². The first-order valence-electron chi connectivity index (χ1n) is 7.58. The van der Waals surface area contributed by atoms with Gasteiger partial charge in [-0.25, -0.2) is 0 Å². The van der Waals surface area contributed by atoms with E-state index in [1.165, 1.54) is 25.7 Å². The molecule has 1 saturated carbocycles. The Morgan fingerprint density at radius 2 is 1.62 bits per heavy atom. The highest BCUT2D eigenvalue weighted by atomic mass is 16.5. The third-order valence-corrected chi connectivity index (χ3v) is 3.89. The van der Waals surface area contributed by atoms with Gasteiger partial charge in [0.05, 0.1) is 6.10 Å². The lowest BCUT2D eigenvalue weighted by molar-refractivity contribution is 0.210. The number of benzene rings is 2. The topological polar surface area (TPSA) is 41.5 Å². The van der Waals surface area contributed by atoms with Crippen LogP contribution in [0.25, 0.3) is 0 Å². The van der Waals surface area contributed by atoms with Gasteiger partial charge in [-0.1, -0.05) is 12.1 Å². The fourth-order valence-corrected chi connectivity index (χ4v) is 2.67. The van der Waals surface area contributed by atoms with Crippen molar-refractivity contribution in [1.82, 2.24) is 0 Å². The molecule has 0 aliphatic heterocycles. The number of rotatable bonds is 5. The summed E-state index contributed by atoms with van der Waals surface area (Å²) < 4.78 is 5.95. The van der Waals surface area contributed by atoms with Gasteiger partial charge in [0.2, 0.25) is 0 Å². The largest absolute Gasteiger partial charge is 0.508 e. The van der Waals surface area contributed by atoms with Crippen LogP contribution >= 0.6 is 0 Å². The Hall–Kier alpha value is -2.16. The molecule has 0 aromatic heterocycles. The third kappa shape index (κ3) is 3.91. The summed E-state index contributed by atoms with van der Waals surface area (Å²) in [5, 5.41) is 12.6. The molecule has 2 aromatic rings. The smallest absolute Gasteiger partial charge is 0.119 e. The maximum absolute atomic E-state index is 9.26. The number of aromatic hydroxyl groups is 1. The van der Waals surface area contributed by atoms with E-state index in [9.17, 15) is 5.11 Å². The lowest BCUT2D eigenvalue weighted by Gasteiger charge is -2.13. The van der Waals surface area contributed by atoms with Gasteiger partial charge in [-0.05, 0) is 67.6 Å². The summed E-state index contributed by atoms with van der Waals surface area (Å²) in [6.07, 6.45) is 5.34. The molecule has 0 amide bonds. The van der Waals surface area contributed by atoms with Gasteiger partial charge in [-0.15, -0.1) is 0 Å². The van der Waals surface area contributed by atoms with Gasteiger partial charge in [0.15, 0.2) is 0 Å². The van der Waals surface area contributed by atoms with E-state index in [-0.39, 0.29) is 0 Å². The van der Waals surface area contributed by atoms with Gasteiger partial charge in [-0.3, -0.25) is 0 Å². The number of hydrogen-bond donors (Lipinski definition) is 2. The molecular weight excluding hydrogens is 262 g/mol. The minimum Gasteiger partial charge on any atom is -0.508 e. The first-order valence-corrected chi connectivity index (χ1v) is 7.58. The molecule has 0 saturated heterocycles. The minimum atomic E-state index is 0.298. The van der Waals surface area contributed by atoms with Crippen molar-refractivity contribution in [1.29, 1.82) is 0 Å². The highest BCUT2D eigenvalue weighted by molar-refractivity contribution is 5.47. The SMILES string of the molecule is Oc1ccc(CNc2ccc(OC3CCCC3)cc2)cc1. The Labute approximate surface area is 125 Å². The molecule has 3 heteroatoms. The molecule has 0 bridgehead atoms. The first kappa shape index (κ1) is 13.8. The van der Waals surface area contributed by atoms with Gasteiger partial charge < -0.3 is 15.2 Å². The molecule has 0 radical (unpaired) electrons. The Kier molecular flexibility index (Phi) is 4.29. The van der Waals surface area contributed by atoms with Gasteiger partial charge >= 0.3 is 0 Å². The van der Waals surface area contributed by atoms with Crippen LogP contribution < -0.4 is 10.1 Å². The molecule has 1 fully saturated rings. The van der Waals surface area contributed by atoms with Crippen molar-refractivity contribution >= 4 is 5.69 Å². The summed E-state index contributed by atoms with van der Waals surface area (Å²) >= 11 is 0. The van der Waals surface area contributed by atoms with Crippen LogP contribution in [-0.4, -0.2) is 11.2 Å². The summed E-state index contributed by atoms with van der Waals surface area (Å²) in [7, 11) is 0. The maximum Gasteiger partial charge on any atom is 0.119 e. The van der Waals surface area contributed by atoms with Crippen LogP contribution in [-0.2, 0) is 6.54 Å². The summed E-state index contributed by atoms with van der Waals surface area (Å²) in [6, 6.07) is 15.4. The van der Waals surface area contributed by atoms with Crippen LogP contribution in [0.4, 0.5) is 5.69 Å². The molecule has 0 atom stereocenters. The van der Waals surface area contributed by atoms with Crippen LogP contribution in [0, 0.1) is 0 Å². The van der Waals surface area contributed by atoms with Gasteiger partial charge in [0, 0.05) is 12.2 Å². The normalized spacial score (nSPS) is 15.0. The number of anilines is 1. The Morgan fingerprint density at radius 3 is 2.29 bits per heavy atom. The molecule has 3 nitrogen and oxygen atoms in total. The molecule has 0 heterocycles. The van der Waals surface area contributed by atoms with Crippen molar-refractivity contribution in [3.63, 3.8) is 0 Å². The summed E-state index contributed by atoms with van der Waals surface area (Å²) in [6.45, 7) is 0.739. The number of ether oxygens (including phenoxy) is 1. The van der Waals surface area contributed by atoms with Crippen LogP contribution in [0.3, 0.4) is 0 Å². The standard InChI is InChI=1S/C18H21NO2/c20-16-9-5-14(6-10-16)13-19-15-7-11-18(12-8-15)21-17-3-1-2-4-17/h5-12,17,19-20H,1-4,13H2. The quantitative estimate of drug-likeness (QED) is 0.858. The Balaban J connectivity index is 1.52. The molecule has 1 aliphatic carbocycles. The van der Waals surface area contributed by atoms with Crippen LogP contribution in [0.2, 0.25) is 0 Å². The average Bonchev–Trinajstić information content (AvgIpc) is 3.01. The third-order valence-electron chi connectivity index (χ3n) is 3.89. The Morgan fingerprint density at radius 1 is 0.952 bits per heavy atom. The molecule has 21 heavy (non-hydrogen) atoms. The molecular formula is C18H21NO2. The van der Waals surface area contributed by atoms with E-state index in [0.29, 0.717) is 11.9 Å². The molecule has 2 aromatic carbocycles. The van der Waals surface area contributed by atoms with Crippen LogP contribution in [0.15, 0.2) is 48.5 Å². The van der Waals surface area contributed by atoms with E-state index < -0.39 is 0 Å². The van der Waals surface area contributed by atoms with E-state index >= 15 is 0 Å². The minimum absolute atomic E-state index is 0.298. The van der Waals surface area contributed by atoms with Crippen molar-refractivity contribution in [2.45, 2.75) is 38.3 Å². The molecule has 3 rings (SSSR count). The predicted molar refractivity (Wildman–Crippen MR) is 84.8 cm³/mol. The first-order chi connectivity index (χ1) is 10.3. The van der Waals surface area contributed by atoms with E-state index in [2.05, 4.69) is 5.32 Å². The van der Waals surface area contributed by atoms with Crippen molar-refractivity contribution in [2.24, 2.45) is 0 Å². The van der Waals surface area contributed by atoms with E-state index in [4.69, 9.17) is 4.74 Å². The number of nitrogens with one attached hydrogen (secondary N) is 1. The predicted octanol–water partition coefficient (Wildman–Crippen LogP) is 4.33. The van der Waals surface area contributed by atoms with Gasteiger partial charge in [-0.2, -0.15) is 0 Å². The monoisotopic (exact) mass is 283 g/mol. The number of phenolic OH excluding ortho intramolecular Hbond substituents is 1. The highest BCUT2D eigenvalue weighted by Gasteiger charge is 2.16. The molecule has 0 unspecified atom stereocenters. The fraction of sp³-hybridized carbons (Fsp3) is 0.333. The maximum atomic E-state index is 9.26. The highest BCUT2D eigenvalue weighted by Crippen LogP contribution is 2.25. The van der Waals surface area contributed by atoms with E-state index in [1.54, 1.807) is 12.1 Å². The summed E-state index contributed by atoms with van der Waals surface area (Å²) in [5.41, 5.74) is 2.21. The summed E-state index contributed by atoms with van der Waals surface area (Å²) in [4.78, 5) is 0. The lowest BCUT2D eigenvalue weighted by atomic mass is 10.2. The second-order valence-electron chi connectivity index (χ2n) is 5.57. The van der Waals surface area contributed by atoms with Crippen LogP contribution in [0.5, 0.6) is 11.5 Å². The zero-order valence-electron chi connectivity index (χ0n) is 12.1. The Bertz CT molecular complexity index is 557. The lowest BCUT2D eigenvalue weighted by Crippen LogP contribution is -2.10. The molecule has 1 aliphatic rings. The van der Waals surface area contributed by atoms with E-state index in [1.807, 2.05) is 36.4 Å². The van der Waals surface area contributed by atoms with Gasteiger partial charge in [0.25, 0.3) is 0 Å². The molecule has 2 N–H and O–H groups in total. The zero-order valence-corrected chi connectivity index (χ0v) is 12.1. The van der Waals surface area contributed by atoms with Crippen molar-refractivity contribution in [3.8, 4) is 11.5 Å². The van der Waals surface area contributed by atoms with Crippen molar-refractivity contribution in [3.05, 3.63) is 54.1 Å². The summed E-state index contributed by atoms with van der Waals surface area (Å²) in [5.74, 6) is 1.25. The fourth-order valence-electron chi connectivity index (χ4n) is 2.67. The van der Waals surface area contributed by atoms with Crippen molar-refractivity contribution in [2.75, 3.05) is 5.32 Å². The number of phenols is 1. The molecule has 0 spiro atoms.